The SMILES string of the molecule is Oc1ccc(CNC2CCCC2n2ccnc2)cc1Br. The Morgan fingerprint density at radius 2 is 2.30 bits per heavy atom. The standard InChI is InChI=1S/C15H18BrN3O/c16-12-8-11(4-5-15(12)20)9-18-13-2-1-3-14(13)19-7-6-17-10-19/h4-8,10,13-14,18,20H,1-3,9H2. The van der Waals surface area contributed by atoms with Crippen LogP contribution in [0.15, 0.2) is 41.4 Å². The minimum Gasteiger partial charge on any atom is -0.507 e. The van der Waals surface area contributed by atoms with Crippen LogP contribution in [-0.4, -0.2) is 20.7 Å². The summed E-state index contributed by atoms with van der Waals surface area (Å²) in [6.45, 7) is 0.814. The number of benzene rings is 1. The van der Waals surface area contributed by atoms with Gasteiger partial charge in [0.2, 0.25) is 0 Å². The molecule has 5 heteroatoms. The number of aromatic hydroxyl groups is 1. The topological polar surface area (TPSA) is 50.1 Å². The van der Waals surface area contributed by atoms with Crippen LogP contribution in [0.5, 0.6) is 5.75 Å². The molecule has 0 radical (unpaired) electrons. The van der Waals surface area contributed by atoms with Crippen molar-refractivity contribution in [1.82, 2.24) is 14.9 Å². The number of phenols is 1. The summed E-state index contributed by atoms with van der Waals surface area (Å²) in [5, 5.41) is 13.1. The number of phenolic OH excluding ortho intramolecular Hbond substituents is 1. The zero-order valence-corrected chi connectivity index (χ0v) is 12.8. The predicted octanol–water partition coefficient (Wildman–Crippen LogP) is 3.23. The van der Waals surface area contributed by atoms with E-state index in [2.05, 4.69) is 30.8 Å². The molecule has 1 aliphatic carbocycles. The highest BCUT2D eigenvalue weighted by atomic mass is 79.9. The van der Waals surface area contributed by atoms with Crippen molar-refractivity contribution < 1.29 is 5.11 Å². The molecular formula is C15H18BrN3O. The van der Waals surface area contributed by atoms with Crippen molar-refractivity contribution in [1.29, 1.82) is 0 Å². The molecule has 1 aliphatic rings. The van der Waals surface area contributed by atoms with E-state index in [0.717, 1.165) is 11.0 Å². The van der Waals surface area contributed by atoms with Crippen molar-refractivity contribution in [3.63, 3.8) is 0 Å². The van der Waals surface area contributed by atoms with Gasteiger partial charge in [-0.15, -0.1) is 0 Å². The van der Waals surface area contributed by atoms with Crippen molar-refractivity contribution >= 4 is 15.9 Å². The van der Waals surface area contributed by atoms with E-state index in [1.807, 2.05) is 30.9 Å². The highest BCUT2D eigenvalue weighted by Gasteiger charge is 2.27. The molecule has 1 aromatic heterocycles. The second kappa shape index (κ2) is 5.97. The van der Waals surface area contributed by atoms with Crippen molar-refractivity contribution in [2.24, 2.45) is 0 Å². The van der Waals surface area contributed by atoms with Crippen LogP contribution in [0.3, 0.4) is 0 Å². The number of aromatic nitrogens is 2. The first-order valence-electron chi connectivity index (χ1n) is 6.92. The fourth-order valence-corrected chi connectivity index (χ4v) is 3.34. The molecule has 20 heavy (non-hydrogen) atoms. The monoisotopic (exact) mass is 335 g/mol. The molecule has 2 aromatic rings. The van der Waals surface area contributed by atoms with Gasteiger partial charge in [0.25, 0.3) is 0 Å². The molecule has 106 valence electrons. The van der Waals surface area contributed by atoms with Crippen LogP contribution >= 0.6 is 15.9 Å². The highest BCUT2D eigenvalue weighted by Crippen LogP contribution is 2.30. The minimum atomic E-state index is 0.283. The Morgan fingerprint density at radius 3 is 3.05 bits per heavy atom. The molecule has 1 heterocycles. The lowest BCUT2D eigenvalue weighted by molar-refractivity contribution is 0.390. The van der Waals surface area contributed by atoms with Gasteiger partial charge in [0.1, 0.15) is 5.75 Å². The number of rotatable bonds is 4. The zero-order chi connectivity index (χ0) is 13.9. The van der Waals surface area contributed by atoms with Gasteiger partial charge >= 0.3 is 0 Å². The normalized spacial score (nSPS) is 22.2. The average molecular weight is 336 g/mol. The molecule has 2 N–H and O–H groups in total. The summed E-state index contributed by atoms with van der Waals surface area (Å²) in [4.78, 5) is 4.14. The van der Waals surface area contributed by atoms with Crippen LogP contribution < -0.4 is 5.32 Å². The van der Waals surface area contributed by atoms with Gasteiger partial charge in [-0.25, -0.2) is 4.98 Å². The van der Waals surface area contributed by atoms with E-state index in [9.17, 15) is 5.11 Å². The first-order chi connectivity index (χ1) is 9.74. The molecule has 0 amide bonds. The largest absolute Gasteiger partial charge is 0.507 e. The first kappa shape index (κ1) is 13.6. The maximum atomic E-state index is 9.51. The van der Waals surface area contributed by atoms with Crippen LogP contribution in [0, 0.1) is 0 Å². The van der Waals surface area contributed by atoms with Gasteiger partial charge in [-0.1, -0.05) is 6.07 Å². The third-order valence-corrected chi connectivity index (χ3v) is 4.60. The summed E-state index contributed by atoms with van der Waals surface area (Å²) in [5.41, 5.74) is 1.17. The van der Waals surface area contributed by atoms with Gasteiger partial charge in [-0.2, -0.15) is 0 Å². The first-order valence-corrected chi connectivity index (χ1v) is 7.71. The van der Waals surface area contributed by atoms with E-state index in [1.54, 1.807) is 6.07 Å². The third kappa shape index (κ3) is 2.88. The van der Waals surface area contributed by atoms with E-state index in [1.165, 1.54) is 24.8 Å². The van der Waals surface area contributed by atoms with Crippen molar-refractivity contribution in [3.8, 4) is 5.75 Å². The van der Waals surface area contributed by atoms with Crippen molar-refractivity contribution in [3.05, 3.63) is 47.0 Å². The van der Waals surface area contributed by atoms with Crippen molar-refractivity contribution in [2.75, 3.05) is 0 Å². The molecule has 0 bridgehead atoms. The predicted molar refractivity (Wildman–Crippen MR) is 81.5 cm³/mol. The lowest BCUT2D eigenvalue weighted by Crippen LogP contribution is -2.33. The second-order valence-corrected chi connectivity index (χ2v) is 6.14. The fraction of sp³-hybridized carbons (Fsp3) is 0.400. The average Bonchev–Trinajstić information content (AvgIpc) is 3.09. The maximum absolute atomic E-state index is 9.51. The van der Waals surface area contributed by atoms with Crippen LogP contribution in [0.2, 0.25) is 0 Å². The van der Waals surface area contributed by atoms with Crippen LogP contribution in [0.25, 0.3) is 0 Å². The number of hydrogen-bond donors (Lipinski definition) is 2. The van der Waals surface area contributed by atoms with E-state index < -0.39 is 0 Å². The van der Waals surface area contributed by atoms with E-state index in [0.29, 0.717) is 12.1 Å². The van der Waals surface area contributed by atoms with Crippen LogP contribution in [0.4, 0.5) is 0 Å². The molecule has 0 aliphatic heterocycles. The van der Waals surface area contributed by atoms with Gasteiger partial charge in [0.05, 0.1) is 10.8 Å². The lowest BCUT2D eigenvalue weighted by Gasteiger charge is -2.22. The zero-order valence-electron chi connectivity index (χ0n) is 11.2. The van der Waals surface area contributed by atoms with E-state index >= 15 is 0 Å². The minimum absolute atomic E-state index is 0.283. The van der Waals surface area contributed by atoms with Gasteiger partial charge in [0.15, 0.2) is 0 Å². The molecule has 0 spiro atoms. The van der Waals surface area contributed by atoms with Gasteiger partial charge < -0.3 is 15.0 Å². The Labute approximate surface area is 127 Å². The number of nitrogens with one attached hydrogen (secondary N) is 1. The number of hydrogen-bond acceptors (Lipinski definition) is 3. The van der Waals surface area contributed by atoms with Crippen LogP contribution in [0.1, 0.15) is 30.9 Å². The number of nitrogens with zero attached hydrogens (tertiary/aromatic N) is 2. The molecule has 2 atom stereocenters. The Morgan fingerprint density at radius 1 is 1.40 bits per heavy atom. The summed E-state index contributed by atoms with van der Waals surface area (Å²) < 4.78 is 2.95. The number of imidazole rings is 1. The highest BCUT2D eigenvalue weighted by molar-refractivity contribution is 9.10. The molecular weight excluding hydrogens is 318 g/mol. The molecule has 0 saturated heterocycles. The van der Waals surface area contributed by atoms with Crippen LogP contribution in [-0.2, 0) is 6.54 Å². The Kier molecular flexibility index (Phi) is 4.08. The Balaban J connectivity index is 1.64. The Bertz CT molecular complexity index is 571. The van der Waals surface area contributed by atoms with Gasteiger partial charge in [0, 0.05) is 31.0 Å². The quantitative estimate of drug-likeness (QED) is 0.901. The summed E-state index contributed by atoms with van der Waals surface area (Å²) >= 11 is 3.35. The molecule has 3 rings (SSSR count). The van der Waals surface area contributed by atoms with E-state index in [-0.39, 0.29) is 5.75 Å². The fourth-order valence-electron chi connectivity index (χ4n) is 2.91. The second-order valence-electron chi connectivity index (χ2n) is 5.28. The lowest BCUT2D eigenvalue weighted by atomic mass is 10.1. The Hall–Kier alpha value is -1.33. The molecule has 1 saturated carbocycles. The molecule has 4 nitrogen and oxygen atoms in total. The van der Waals surface area contributed by atoms with Gasteiger partial charge in [-0.05, 0) is 52.9 Å². The number of halogens is 1. The maximum Gasteiger partial charge on any atom is 0.129 e. The van der Waals surface area contributed by atoms with Gasteiger partial charge in [-0.3, -0.25) is 0 Å². The molecule has 1 fully saturated rings. The third-order valence-electron chi connectivity index (χ3n) is 3.97. The summed E-state index contributed by atoms with van der Waals surface area (Å²) in [6.07, 6.45) is 9.44. The summed E-state index contributed by atoms with van der Waals surface area (Å²) in [5.74, 6) is 0.283. The van der Waals surface area contributed by atoms with Crippen molar-refractivity contribution in [2.45, 2.75) is 37.9 Å². The molecule has 2 unspecified atom stereocenters. The summed E-state index contributed by atoms with van der Waals surface area (Å²) in [6, 6.07) is 6.62. The molecule has 1 aromatic carbocycles. The van der Waals surface area contributed by atoms with E-state index in [4.69, 9.17) is 0 Å². The summed E-state index contributed by atoms with van der Waals surface area (Å²) in [7, 11) is 0. The smallest absolute Gasteiger partial charge is 0.129 e.